The molecule has 0 saturated carbocycles. The van der Waals surface area contributed by atoms with Crippen molar-refractivity contribution < 1.29 is 9.34 Å². The normalized spacial score (nSPS) is 11.9. The number of unbranched alkanes of at least 4 members (excludes halogenated alkanes) is 1. The molecular formula is C17H23N3O3. The lowest BCUT2D eigenvalue weighted by Gasteiger charge is -2.20. The molecule has 0 aliphatic rings. The number of hydrogen-bond donors (Lipinski definition) is 0. The maximum absolute atomic E-state index is 11.2. The Kier molecular flexibility index (Phi) is 5.73. The van der Waals surface area contributed by atoms with Crippen LogP contribution in [0.15, 0.2) is 33.7 Å². The van der Waals surface area contributed by atoms with Gasteiger partial charge in [0.15, 0.2) is 0 Å². The first kappa shape index (κ1) is 17.0. The summed E-state index contributed by atoms with van der Waals surface area (Å²) in [5, 5.41) is 12.0. The Morgan fingerprint density at radius 3 is 2.57 bits per heavy atom. The van der Waals surface area contributed by atoms with E-state index in [1.165, 1.54) is 6.07 Å². The fraction of sp³-hybridized carbons (Fsp3) is 0.471. The smallest absolute Gasteiger partial charge is 0.331 e. The molecule has 1 aromatic carbocycles. The molecule has 0 saturated heterocycles. The van der Waals surface area contributed by atoms with Crippen molar-refractivity contribution in [2.45, 2.75) is 33.6 Å². The third-order valence-corrected chi connectivity index (χ3v) is 3.81. The quantitative estimate of drug-likeness (QED) is 0.441. The van der Waals surface area contributed by atoms with E-state index >= 15 is 0 Å². The second kappa shape index (κ2) is 7.76. The van der Waals surface area contributed by atoms with Crippen molar-refractivity contribution in [1.29, 1.82) is 0 Å². The zero-order chi connectivity index (χ0) is 16.8. The topological polar surface area (TPSA) is 71.9 Å². The van der Waals surface area contributed by atoms with Crippen LogP contribution in [0.2, 0.25) is 0 Å². The molecule has 0 amide bonds. The Labute approximate surface area is 135 Å². The van der Waals surface area contributed by atoms with Crippen molar-refractivity contribution in [3.63, 3.8) is 0 Å². The van der Waals surface area contributed by atoms with Gasteiger partial charge in [0.25, 0.3) is 5.55 Å². The predicted molar refractivity (Wildman–Crippen MR) is 91.8 cm³/mol. The van der Waals surface area contributed by atoms with Gasteiger partial charge in [-0.3, -0.25) is 10.1 Å². The van der Waals surface area contributed by atoms with Crippen LogP contribution in [0.5, 0.6) is 0 Å². The molecule has 0 N–H and O–H groups in total. The summed E-state index contributed by atoms with van der Waals surface area (Å²) in [5.74, 6) is 0. The largest absolute Gasteiger partial charge is 0.433 e. The number of hydrogen-bond acceptors (Lipinski definition) is 5. The SMILES string of the molecule is CCCCN=c1oc2cc(N(CC)CC)ccc2cc1[N+](=O)[O-]. The highest BCUT2D eigenvalue weighted by molar-refractivity contribution is 5.82. The van der Waals surface area contributed by atoms with E-state index in [2.05, 4.69) is 30.7 Å². The van der Waals surface area contributed by atoms with E-state index in [0.717, 1.165) is 31.6 Å². The molecule has 1 heterocycles. The molecule has 0 spiro atoms. The average Bonchev–Trinajstić information content (AvgIpc) is 2.55. The zero-order valence-electron chi connectivity index (χ0n) is 13.9. The molecule has 23 heavy (non-hydrogen) atoms. The lowest BCUT2D eigenvalue weighted by atomic mass is 10.2. The molecule has 6 heteroatoms. The Morgan fingerprint density at radius 1 is 1.22 bits per heavy atom. The van der Waals surface area contributed by atoms with E-state index in [1.54, 1.807) is 0 Å². The molecule has 124 valence electrons. The fourth-order valence-corrected chi connectivity index (χ4v) is 2.46. The first-order valence-electron chi connectivity index (χ1n) is 8.08. The second-order valence-electron chi connectivity index (χ2n) is 5.32. The van der Waals surface area contributed by atoms with Gasteiger partial charge in [-0.05, 0) is 32.4 Å². The first-order valence-corrected chi connectivity index (χ1v) is 8.08. The molecule has 6 nitrogen and oxygen atoms in total. The standard InChI is InChI=1S/C17H23N3O3/c1-4-7-10-18-17-15(20(21)22)11-13-8-9-14(12-16(13)23-17)19(5-2)6-3/h8-9,11-12H,4-7,10H2,1-3H3. The summed E-state index contributed by atoms with van der Waals surface area (Å²) < 4.78 is 5.75. The third-order valence-electron chi connectivity index (χ3n) is 3.81. The third kappa shape index (κ3) is 3.88. The molecular weight excluding hydrogens is 294 g/mol. The van der Waals surface area contributed by atoms with Gasteiger partial charge in [-0.1, -0.05) is 13.3 Å². The Morgan fingerprint density at radius 2 is 1.96 bits per heavy atom. The summed E-state index contributed by atoms with van der Waals surface area (Å²) >= 11 is 0. The number of rotatable bonds is 7. The summed E-state index contributed by atoms with van der Waals surface area (Å²) in [5.41, 5.74) is 1.69. The van der Waals surface area contributed by atoms with Crippen LogP contribution in [0.1, 0.15) is 33.6 Å². The van der Waals surface area contributed by atoms with Crippen LogP contribution in [0.3, 0.4) is 0 Å². The van der Waals surface area contributed by atoms with Crippen molar-refractivity contribution in [2.24, 2.45) is 4.99 Å². The van der Waals surface area contributed by atoms with Crippen molar-refractivity contribution in [1.82, 2.24) is 0 Å². The molecule has 0 atom stereocenters. The highest BCUT2D eigenvalue weighted by Crippen LogP contribution is 2.23. The van der Waals surface area contributed by atoms with Crippen molar-refractivity contribution in [2.75, 3.05) is 24.5 Å². The van der Waals surface area contributed by atoms with Gasteiger partial charge in [0.05, 0.1) is 4.92 Å². The zero-order valence-corrected chi connectivity index (χ0v) is 13.9. The minimum atomic E-state index is -0.438. The Hall–Kier alpha value is -2.37. The molecule has 0 aliphatic heterocycles. The van der Waals surface area contributed by atoms with E-state index in [0.29, 0.717) is 17.5 Å². The summed E-state index contributed by atoms with van der Waals surface area (Å²) in [6.07, 6.45) is 1.86. The summed E-state index contributed by atoms with van der Waals surface area (Å²) in [6.45, 7) is 8.55. The lowest BCUT2D eigenvalue weighted by Crippen LogP contribution is -2.21. The van der Waals surface area contributed by atoms with Crippen LogP contribution >= 0.6 is 0 Å². The van der Waals surface area contributed by atoms with E-state index in [9.17, 15) is 10.1 Å². The average molecular weight is 317 g/mol. The van der Waals surface area contributed by atoms with Gasteiger partial charge >= 0.3 is 5.69 Å². The van der Waals surface area contributed by atoms with Gasteiger partial charge in [0.1, 0.15) is 5.58 Å². The van der Waals surface area contributed by atoms with E-state index < -0.39 is 4.92 Å². The monoisotopic (exact) mass is 317 g/mol. The number of anilines is 1. The van der Waals surface area contributed by atoms with Gasteiger partial charge in [-0.15, -0.1) is 0 Å². The highest BCUT2D eigenvalue weighted by atomic mass is 16.6. The van der Waals surface area contributed by atoms with Crippen LogP contribution in [-0.4, -0.2) is 24.6 Å². The number of nitro groups is 1. The fourth-order valence-electron chi connectivity index (χ4n) is 2.46. The van der Waals surface area contributed by atoms with E-state index in [-0.39, 0.29) is 11.2 Å². The van der Waals surface area contributed by atoms with Gasteiger partial charge in [-0.2, -0.15) is 0 Å². The summed E-state index contributed by atoms with van der Waals surface area (Å²) in [4.78, 5) is 17.3. The summed E-state index contributed by atoms with van der Waals surface area (Å²) in [6, 6.07) is 7.28. The van der Waals surface area contributed by atoms with Crippen LogP contribution in [0.4, 0.5) is 11.4 Å². The van der Waals surface area contributed by atoms with Crippen LogP contribution in [0.25, 0.3) is 11.0 Å². The molecule has 0 bridgehead atoms. The molecule has 0 fully saturated rings. The summed E-state index contributed by atoms with van der Waals surface area (Å²) in [7, 11) is 0. The molecule has 0 aliphatic carbocycles. The lowest BCUT2D eigenvalue weighted by molar-refractivity contribution is -0.387. The van der Waals surface area contributed by atoms with Gasteiger partial charge in [0, 0.05) is 42.8 Å². The minimum Gasteiger partial charge on any atom is -0.433 e. The molecule has 0 radical (unpaired) electrons. The predicted octanol–water partition coefficient (Wildman–Crippen LogP) is 3.89. The maximum atomic E-state index is 11.2. The minimum absolute atomic E-state index is 0.0795. The number of nitrogens with zero attached hydrogens (tertiary/aromatic N) is 3. The van der Waals surface area contributed by atoms with Crippen LogP contribution in [0, 0.1) is 10.1 Å². The molecule has 0 unspecified atom stereocenters. The van der Waals surface area contributed by atoms with Crippen LogP contribution in [-0.2, 0) is 0 Å². The molecule has 1 aromatic heterocycles. The van der Waals surface area contributed by atoms with Gasteiger partial charge in [0.2, 0.25) is 0 Å². The van der Waals surface area contributed by atoms with Gasteiger partial charge < -0.3 is 9.32 Å². The number of fused-ring (bicyclic) bond motifs is 1. The van der Waals surface area contributed by atoms with Crippen molar-refractivity contribution in [3.8, 4) is 0 Å². The van der Waals surface area contributed by atoms with E-state index in [1.807, 2.05) is 18.2 Å². The van der Waals surface area contributed by atoms with Crippen molar-refractivity contribution >= 4 is 22.3 Å². The molecule has 2 aromatic rings. The number of benzene rings is 1. The second-order valence-corrected chi connectivity index (χ2v) is 5.32. The Balaban J connectivity index is 2.56. The van der Waals surface area contributed by atoms with Crippen molar-refractivity contribution in [3.05, 3.63) is 39.9 Å². The molecule has 2 rings (SSSR count). The van der Waals surface area contributed by atoms with E-state index in [4.69, 9.17) is 4.42 Å². The highest BCUT2D eigenvalue weighted by Gasteiger charge is 2.15. The van der Waals surface area contributed by atoms with Crippen LogP contribution < -0.4 is 10.5 Å². The van der Waals surface area contributed by atoms with Gasteiger partial charge in [-0.25, -0.2) is 4.99 Å². The first-order chi connectivity index (χ1) is 11.1. The Bertz CT molecular complexity index is 748. The maximum Gasteiger partial charge on any atom is 0.331 e.